The van der Waals surface area contributed by atoms with Crippen LogP contribution in [-0.4, -0.2) is 53.8 Å². The molecule has 2 amide bonds. The number of rotatable bonds is 7. The number of hydrogen-bond acceptors (Lipinski definition) is 5. The molecular weight excluding hydrogens is 404 g/mol. The van der Waals surface area contributed by atoms with Gasteiger partial charge < -0.3 is 19.5 Å². The van der Waals surface area contributed by atoms with Crippen molar-refractivity contribution in [3.63, 3.8) is 0 Å². The van der Waals surface area contributed by atoms with Gasteiger partial charge in [0.2, 0.25) is 5.43 Å². The zero-order valence-corrected chi connectivity index (χ0v) is 16.4. The second-order valence-corrected chi connectivity index (χ2v) is 7.24. The Morgan fingerprint density at radius 3 is 2.76 bits per heavy atom. The fraction of sp³-hybridized carbons (Fsp3) is 0.316. The lowest BCUT2D eigenvalue weighted by molar-refractivity contribution is 0.0696. The number of aromatic nitrogens is 1. The average Bonchev–Trinajstić information content (AvgIpc) is 2.69. The van der Waals surface area contributed by atoms with Crippen molar-refractivity contribution in [2.75, 3.05) is 26.7 Å². The largest absolute Gasteiger partial charge is 0.491 e. The lowest BCUT2D eigenvalue weighted by atomic mass is 10.2. The molecule has 1 N–H and O–H groups in total. The molecule has 0 saturated carbocycles. The summed E-state index contributed by atoms with van der Waals surface area (Å²) in [6.45, 7) is 1.28. The highest BCUT2D eigenvalue weighted by Gasteiger charge is 2.25. The van der Waals surface area contributed by atoms with Gasteiger partial charge in [0.15, 0.2) is 5.75 Å². The lowest BCUT2D eigenvalue weighted by Gasteiger charge is -2.30. The molecule has 0 spiro atoms. The molecule has 154 valence electrons. The Kier molecular flexibility index (Phi) is 6.53. The Morgan fingerprint density at radius 2 is 2.03 bits per heavy atom. The monoisotopic (exact) mass is 423 g/mol. The molecule has 1 aliphatic rings. The maximum Gasteiger partial charge on any atom is 0.288 e. The van der Waals surface area contributed by atoms with Crippen molar-refractivity contribution in [1.29, 1.82) is 0 Å². The number of amides is 2. The average molecular weight is 423 g/mol. The van der Waals surface area contributed by atoms with E-state index in [9.17, 15) is 23.2 Å². The van der Waals surface area contributed by atoms with Gasteiger partial charge in [-0.25, -0.2) is 0 Å². The van der Waals surface area contributed by atoms with Gasteiger partial charge in [0, 0.05) is 37.1 Å². The number of halogens is 2. The van der Waals surface area contributed by atoms with Crippen LogP contribution in [0, 0.1) is 0 Å². The van der Waals surface area contributed by atoms with Crippen LogP contribution in [0.2, 0.25) is 0 Å². The number of fused-ring (bicyclic) bond motifs is 1. The van der Waals surface area contributed by atoms with Crippen LogP contribution in [0.25, 0.3) is 0 Å². The van der Waals surface area contributed by atoms with Crippen LogP contribution in [0.4, 0.5) is 8.78 Å². The molecule has 1 aromatic carbocycles. The van der Waals surface area contributed by atoms with Gasteiger partial charge in [0.25, 0.3) is 17.6 Å². The summed E-state index contributed by atoms with van der Waals surface area (Å²) in [6.07, 6.45) is 1.51. The predicted octanol–water partition coefficient (Wildman–Crippen LogP) is 2.06. The number of alkyl halides is 2. The minimum Gasteiger partial charge on any atom is -0.491 e. The number of ether oxygens (including phenoxy) is 1. The van der Waals surface area contributed by atoms with Crippen molar-refractivity contribution in [3.8, 4) is 5.75 Å². The summed E-state index contributed by atoms with van der Waals surface area (Å²) in [6, 6.07) is 7.36. The van der Waals surface area contributed by atoms with Crippen LogP contribution in [0.1, 0.15) is 20.8 Å². The molecule has 1 aromatic heterocycles. The quantitative estimate of drug-likeness (QED) is 0.690. The van der Waals surface area contributed by atoms with E-state index in [1.165, 1.54) is 36.4 Å². The fourth-order valence-corrected chi connectivity index (χ4v) is 3.67. The van der Waals surface area contributed by atoms with Gasteiger partial charge in [-0.2, -0.15) is 8.78 Å². The molecule has 0 atom stereocenters. The lowest BCUT2D eigenvalue weighted by Crippen LogP contribution is -2.45. The number of methoxy groups -OCH3 is 1. The van der Waals surface area contributed by atoms with Gasteiger partial charge >= 0.3 is 0 Å². The number of carbonyl (C=O) groups excluding carboxylic acids is 2. The zero-order chi connectivity index (χ0) is 21.0. The van der Waals surface area contributed by atoms with Crippen LogP contribution in [0.5, 0.6) is 5.75 Å². The van der Waals surface area contributed by atoms with E-state index in [1.807, 2.05) is 0 Å². The van der Waals surface area contributed by atoms with Crippen LogP contribution >= 0.6 is 11.8 Å². The third kappa shape index (κ3) is 4.76. The SMILES string of the molecule is COc1cn2c(cc1=O)C(=O)N(CCNC(=O)c1ccccc1SC(F)F)CC2. The minimum absolute atomic E-state index is 0.151. The van der Waals surface area contributed by atoms with Crippen molar-refractivity contribution >= 4 is 23.6 Å². The summed E-state index contributed by atoms with van der Waals surface area (Å²) in [7, 11) is 1.39. The number of carbonyl (C=O) groups is 2. The summed E-state index contributed by atoms with van der Waals surface area (Å²) < 4.78 is 32.0. The smallest absolute Gasteiger partial charge is 0.288 e. The van der Waals surface area contributed by atoms with E-state index in [0.29, 0.717) is 24.9 Å². The van der Waals surface area contributed by atoms with E-state index in [-0.39, 0.29) is 46.3 Å². The molecule has 1 aliphatic heterocycles. The number of thioether (sulfide) groups is 1. The fourth-order valence-electron chi connectivity index (χ4n) is 3.03. The number of nitrogens with zero attached hydrogens (tertiary/aromatic N) is 2. The molecule has 3 rings (SSSR count). The first kappa shape index (κ1) is 20.8. The first-order valence-corrected chi connectivity index (χ1v) is 9.68. The summed E-state index contributed by atoms with van der Waals surface area (Å²) in [5, 5.41) is 2.65. The molecule has 2 heterocycles. The van der Waals surface area contributed by atoms with E-state index in [2.05, 4.69) is 5.32 Å². The van der Waals surface area contributed by atoms with E-state index < -0.39 is 11.7 Å². The second-order valence-electron chi connectivity index (χ2n) is 6.21. The van der Waals surface area contributed by atoms with Crippen molar-refractivity contribution in [3.05, 3.63) is 58.0 Å². The number of nitrogens with one attached hydrogen (secondary N) is 1. The topological polar surface area (TPSA) is 80.6 Å². The molecule has 0 aliphatic carbocycles. The zero-order valence-electron chi connectivity index (χ0n) is 15.6. The molecule has 0 radical (unpaired) electrons. The molecule has 0 unspecified atom stereocenters. The van der Waals surface area contributed by atoms with E-state index in [0.717, 1.165) is 0 Å². The van der Waals surface area contributed by atoms with Gasteiger partial charge in [0.05, 0.1) is 18.9 Å². The Labute approximate surface area is 169 Å². The number of benzene rings is 1. The Morgan fingerprint density at radius 1 is 1.28 bits per heavy atom. The van der Waals surface area contributed by atoms with Crippen LogP contribution in [-0.2, 0) is 6.54 Å². The highest BCUT2D eigenvalue weighted by atomic mass is 32.2. The summed E-state index contributed by atoms with van der Waals surface area (Å²) in [4.78, 5) is 38.6. The van der Waals surface area contributed by atoms with Crippen molar-refractivity contribution in [2.45, 2.75) is 17.2 Å². The van der Waals surface area contributed by atoms with Crippen molar-refractivity contribution < 1.29 is 23.1 Å². The predicted molar refractivity (Wildman–Crippen MR) is 104 cm³/mol. The second kappa shape index (κ2) is 9.08. The highest BCUT2D eigenvalue weighted by Crippen LogP contribution is 2.28. The number of hydrogen-bond donors (Lipinski definition) is 1. The third-order valence-corrected chi connectivity index (χ3v) is 5.23. The maximum absolute atomic E-state index is 12.7. The van der Waals surface area contributed by atoms with Gasteiger partial charge in [0.1, 0.15) is 5.69 Å². The standard InChI is InChI=1S/C19H19F2N3O4S/c1-28-15-11-24-9-8-23(18(27)13(24)10-14(15)25)7-6-22-17(26)12-4-2-3-5-16(12)29-19(20)21/h2-5,10-11,19H,6-9H2,1H3,(H,22,26). The van der Waals surface area contributed by atoms with Gasteiger partial charge in [-0.15, -0.1) is 0 Å². The summed E-state index contributed by atoms with van der Waals surface area (Å²) in [5.41, 5.74) is 0.0363. The molecule has 0 saturated heterocycles. The Hall–Kier alpha value is -2.88. The highest BCUT2D eigenvalue weighted by molar-refractivity contribution is 7.99. The van der Waals surface area contributed by atoms with E-state index >= 15 is 0 Å². The van der Waals surface area contributed by atoms with Gasteiger partial charge in [-0.1, -0.05) is 23.9 Å². The molecule has 7 nitrogen and oxygen atoms in total. The molecule has 0 fully saturated rings. The number of pyridine rings is 1. The van der Waals surface area contributed by atoms with Crippen LogP contribution < -0.4 is 15.5 Å². The Bertz CT molecular complexity index is 980. The van der Waals surface area contributed by atoms with E-state index in [4.69, 9.17) is 4.74 Å². The Balaban J connectivity index is 1.62. The van der Waals surface area contributed by atoms with Crippen LogP contribution in [0.3, 0.4) is 0 Å². The minimum atomic E-state index is -2.63. The third-order valence-electron chi connectivity index (χ3n) is 4.45. The van der Waals surface area contributed by atoms with Crippen LogP contribution in [0.15, 0.2) is 46.2 Å². The first-order chi connectivity index (χ1) is 13.9. The molecule has 2 aromatic rings. The molecular formula is C19H19F2N3O4S. The summed E-state index contributed by atoms with van der Waals surface area (Å²) >= 11 is 0.311. The van der Waals surface area contributed by atoms with Crippen molar-refractivity contribution in [1.82, 2.24) is 14.8 Å². The molecule has 10 heteroatoms. The molecule has 29 heavy (non-hydrogen) atoms. The maximum atomic E-state index is 12.7. The van der Waals surface area contributed by atoms with Crippen molar-refractivity contribution in [2.24, 2.45) is 0 Å². The van der Waals surface area contributed by atoms with E-state index in [1.54, 1.807) is 16.7 Å². The summed E-state index contributed by atoms with van der Waals surface area (Å²) in [5.74, 6) is -3.27. The van der Waals surface area contributed by atoms with Gasteiger partial charge in [-0.3, -0.25) is 14.4 Å². The van der Waals surface area contributed by atoms with Gasteiger partial charge in [-0.05, 0) is 12.1 Å². The molecule has 0 bridgehead atoms. The normalized spacial score (nSPS) is 13.4. The first-order valence-electron chi connectivity index (χ1n) is 8.80.